The van der Waals surface area contributed by atoms with Crippen LogP contribution < -0.4 is 5.32 Å². The lowest BCUT2D eigenvalue weighted by Crippen LogP contribution is -2.39. The normalized spacial score (nSPS) is 10.7. The minimum Gasteiger partial charge on any atom is -0.341 e. The Morgan fingerprint density at radius 3 is 2.56 bits per heavy atom. The number of Topliss-reactive ketones (excluding diaryl/α,β-unsaturated/α-hetero) is 1. The number of terminal acetylenes is 1. The summed E-state index contributed by atoms with van der Waals surface area (Å²) in [5.41, 5.74) is 0.498. The molecule has 4 heteroatoms. The van der Waals surface area contributed by atoms with Gasteiger partial charge in [0, 0.05) is 12.0 Å². The number of ketones is 1. The van der Waals surface area contributed by atoms with Crippen LogP contribution in [0.3, 0.4) is 0 Å². The van der Waals surface area contributed by atoms with Gasteiger partial charge in [0.05, 0.1) is 6.04 Å². The minimum atomic E-state index is -0.652. The maximum absolute atomic E-state index is 11.8. The Bertz CT molecular complexity index is 465. The Kier molecular flexibility index (Phi) is 7.42. The summed E-state index contributed by atoms with van der Waals surface area (Å²) in [7, 11) is 0. The molecule has 0 heterocycles. The fourth-order valence-corrected chi connectivity index (χ4v) is 1.23. The third kappa shape index (κ3) is 5.55. The number of hydrogen-bond donors (Lipinski definition) is 2. The molecule has 0 aliphatic heterocycles. The highest BCUT2D eigenvalue weighted by molar-refractivity contribution is 7.79. The zero-order valence-corrected chi connectivity index (χ0v) is 11.3. The van der Waals surface area contributed by atoms with Crippen LogP contribution in [0.5, 0.6) is 0 Å². The second kappa shape index (κ2) is 9.32. The van der Waals surface area contributed by atoms with E-state index < -0.39 is 6.04 Å². The number of hydrogen-bond acceptors (Lipinski definition) is 3. The number of thiol groups is 1. The van der Waals surface area contributed by atoms with Crippen LogP contribution in [0.4, 0.5) is 0 Å². The van der Waals surface area contributed by atoms with Gasteiger partial charge in [0.2, 0.25) is 0 Å². The summed E-state index contributed by atoms with van der Waals surface area (Å²) < 4.78 is 6.70. The monoisotopic (exact) mass is 265 g/mol. The van der Waals surface area contributed by atoms with Gasteiger partial charge in [-0.15, -0.1) is 12.3 Å². The van der Waals surface area contributed by atoms with E-state index in [0.717, 1.165) is 0 Å². The number of benzene rings is 1. The number of nitrogens with one attached hydrogen (secondary N) is 1. The van der Waals surface area contributed by atoms with E-state index in [2.05, 4.69) is 23.9 Å². The molecular formula is C14H17NO2S. The first-order chi connectivity index (χ1) is 9.15. The smallest absolute Gasteiger partial charge is 0.251 e. The lowest BCUT2D eigenvalue weighted by Gasteiger charge is -2.12. The van der Waals surface area contributed by atoms with E-state index in [-0.39, 0.29) is 18.1 Å². The molecular weight excluding hydrogens is 246 g/mol. The number of carbonyl (C=O) groups is 2. The van der Waals surface area contributed by atoms with Crippen molar-refractivity contribution in [2.45, 2.75) is 19.4 Å². The molecule has 0 radical (unpaired) electrons. The molecule has 1 aromatic carbocycles. The molecule has 1 aromatic rings. The van der Waals surface area contributed by atoms with Crippen molar-refractivity contribution < 1.29 is 11.0 Å². The maximum atomic E-state index is 11.8. The lowest BCUT2D eigenvalue weighted by atomic mass is 10.1. The van der Waals surface area contributed by atoms with Crippen molar-refractivity contribution in [3.63, 3.8) is 0 Å². The van der Waals surface area contributed by atoms with E-state index in [1.807, 2.05) is 12.5 Å². The summed E-state index contributed by atoms with van der Waals surface area (Å²) in [6.07, 6.45) is 3.82. The van der Waals surface area contributed by atoms with E-state index in [9.17, 15) is 9.59 Å². The molecule has 0 aliphatic carbocycles. The Labute approximate surface area is 115 Å². The van der Waals surface area contributed by atoms with Crippen molar-refractivity contribution >= 4 is 24.3 Å². The highest BCUT2D eigenvalue weighted by atomic mass is 32.1. The average molecular weight is 265 g/mol. The highest BCUT2D eigenvalue weighted by Gasteiger charge is 2.16. The number of rotatable bonds is 4. The molecule has 0 saturated heterocycles. The van der Waals surface area contributed by atoms with Crippen molar-refractivity contribution in [3.05, 3.63) is 35.9 Å². The van der Waals surface area contributed by atoms with Crippen molar-refractivity contribution in [3.8, 4) is 12.3 Å². The molecule has 18 heavy (non-hydrogen) atoms. The quantitative estimate of drug-likeness (QED) is 0.645. The van der Waals surface area contributed by atoms with Gasteiger partial charge in [-0.3, -0.25) is 9.59 Å². The van der Waals surface area contributed by atoms with Gasteiger partial charge in [0.25, 0.3) is 5.91 Å². The van der Waals surface area contributed by atoms with E-state index in [1.165, 1.54) is 6.92 Å². The first-order valence-corrected chi connectivity index (χ1v) is 6.25. The molecule has 1 N–H and O–H groups in total. The molecule has 0 fully saturated rings. The van der Waals surface area contributed by atoms with Crippen LogP contribution in [-0.4, -0.2) is 24.0 Å². The Hall–Kier alpha value is -1.73. The fraction of sp³-hybridized carbons (Fsp3) is 0.286. The van der Waals surface area contributed by atoms with Gasteiger partial charge >= 0.3 is 0 Å². The fourth-order valence-electron chi connectivity index (χ4n) is 1.23. The second-order valence-corrected chi connectivity index (χ2v) is 3.38. The van der Waals surface area contributed by atoms with Crippen LogP contribution in [0, 0.1) is 12.3 Å². The summed E-state index contributed by atoms with van der Waals surface area (Å²) in [6.45, 7) is 1.39. The van der Waals surface area contributed by atoms with Crippen molar-refractivity contribution in [2.24, 2.45) is 0 Å². The molecule has 1 unspecified atom stereocenters. The van der Waals surface area contributed by atoms with Gasteiger partial charge in [-0.2, -0.15) is 12.6 Å². The SMILES string of the molecule is CS.[3H]C#CCC(NC(=O)c1ccccc1)C(C)=O. The van der Waals surface area contributed by atoms with Crippen molar-refractivity contribution in [2.75, 3.05) is 6.26 Å². The lowest BCUT2D eigenvalue weighted by molar-refractivity contribution is -0.118. The molecule has 0 aromatic heterocycles. The van der Waals surface area contributed by atoms with E-state index >= 15 is 0 Å². The first-order valence-electron chi connectivity index (χ1n) is 5.86. The van der Waals surface area contributed by atoms with Gasteiger partial charge in [-0.05, 0) is 25.3 Å². The summed E-state index contributed by atoms with van der Waals surface area (Å²) in [5, 5.41) is 2.59. The Morgan fingerprint density at radius 2 is 2.06 bits per heavy atom. The van der Waals surface area contributed by atoms with Gasteiger partial charge in [0.15, 0.2) is 5.78 Å². The van der Waals surface area contributed by atoms with E-state index in [1.54, 1.807) is 30.5 Å². The van der Waals surface area contributed by atoms with Gasteiger partial charge in [-0.25, -0.2) is 0 Å². The number of amides is 1. The van der Waals surface area contributed by atoms with Gasteiger partial charge in [-0.1, -0.05) is 18.2 Å². The van der Waals surface area contributed by atoms with Crippen LogP contribution in [0.2, 0.25) is 0 Å². The molecule has 96 valence electrons. The van der Waals surface area contributed by atoms with Crippen LogP contribution in [0.25, 0.3) is 0 Å². The van der Waals surface area contributed by atoms with E-state index in [4.69, 9.17) is 1.37 Å². The predicted molar refractivity (Wildman–Crippen MR) is 76.7 cm³/mol. The summed E-state index contributed by atoms with van der Waals surface area (Å²) in [5.74, 6) is 1.99. The third-order valence-corrected chi connectivity index (χ3v) is 2.14. The van der Waals surface area contributed by atoms with Gasteiger partial charge < -0.3 is 5.32 Å². The zero-order valence-electron chi connectivity index (χ0n) is 11.4. The molecule has 1 atom stereocenters. The zero-order chi connectivity index (χ0) is 14.7. The topological polar surface area (TPSA) is 46.2 Å². The van der Waals surface area contributed by atoms with Crippen molar-refractivity contribution in [1.29, 1.82) is 0 Å². The summed E-state index contributed by atoms with van der Waals surface area (Å²) >= 11 is 3.53. The Balaban J connectivity index is 0.00000154. The molecule has 0 aliphatic rings. The van der Waals surface area contributed by atoms with Gasteiger partial charge in [0.1, 0.15) is 1.37 Å². The molecule has 1 amide bonds. The minimum absolute atomic E-state index is 0.164. The van der Waals surface area contributed by atoms with Crippen molar-refractivity contribution in [1.82, 2.24) is 5.32 Å². The molecule has 0 saturated carbocycles. The predicted octanol–water partition coefficient (Wildman–Crippen LogP) is 1.94. The molecule has 0 spiro atoms. The Morgan fingerprint density at radius 1 is 1.44 bits per heavy atom. The summed E-state index contributed by atoms with van der Waals surface area (Å²) in [4.78, 5) is 23.0. The van der Waals surface area contributed by atoms with E-state index in [0.29, 0.717) is 5.56 Å². The largest absolute Gasteiger partial charge is 0.341 e. The first kappa shape index (κ1) is 14.3. The van der Waals surface area contributed by atoms with Crippen LogP contribution in [0.15, 0.2) is 30.3 Å². The molecule has 1 rings (SSSR count). The molecule has 0 bridgehead atoms. The average Bonchev–Trinajstić information content (AvgIpc) is 2.46. The maximum Gasteiger partial charge on any atom is 0.251 e. The third-order valence-electron chi connectivity index (χ3n) is 2.14. The number of carbonyl (C=O) groups excluding carboxylic acids is 2. The van der Waals surface area contributed by atoms with Crippen LogP contribution in [-0.2, 0) is 4.79 Å². The summed E-state index contributed by atoms with van der Waals surface area (Å²) in [6, 6.07) is 8.00. The highest BCUT2D eigenvalue weighted by Crippen LogP contribution is 2.00. The second-order valence-electron chi connectivity index (χ2n) is 3.38. The van der Waals surface area contributed by atoms with Crippen LogP contribution in [0.1, 0.15) is 25.1 Å². The van der Waals surface area contributed by atoms with Crippen LogP contribution >= 0.6 is 12.6 Å². The standard InChI is InChI=1S/C13H13NO2.CH4S/c1-3-7-12(10(2)15)14-13(16)11-8-5-4-6-9-11;1-2/h1,4-6,8-9,12H,7H2,2H3,(H,14,16);2H,1H3/i1T;. The molecule has 3 nitrogen and oxygen atoms in total.